The number of anilines is 1. The van der Waals surface area contributed by atoms with Gasteiger partial charge in [0.25, 0.3) is 0 Å². The number of benzene rings is 1. The highest BCUT2D eigenvalue weighted by molar-refractivity contribution is 5.85. The van der Waals surface area contributed by atoms with Crippen LogP contribution < -0.4 is 5.73 Å². The van der Waals surface area contributed by atoms with Crippen molar-refractivity contribution in [3.05, 3.63) is 35.5 Å². The van der Waals surface area contributed by atoms with Gasteiger partial charge in [-0.2, -0.15) is 0 Å². The van der Waals surface area contributed by atoms with E-state index in [1.165, 1.54) is 74.6 Å². The fraction of sp³-hybridized carbons (Fsp3) is 0.571. The number of nitrogens with zero attached hydrogens (tertiary/aromatic N) is 1. The lowest BCUT2D eigenvalue weighted by Crippen LogP contribution is -1.91. The number of hydrogen-bond donors (Lipinski definition) is 2. The molecule has 0 fully saturated rings. The van der Waals surface area contributed by atoms with Gasteiger partial charge < -0.3 is 10.7 Å². The van der Waals surface area contributed by atoms with Crippen LogP contribution in [0.3, 0.4) is 0 Å². The molecular formula is C21H34ClN3. The van der Waals surface area contributed by atoms with Gasteiger partial charge in [0.1, 0.15) is 0 Å². The van der Waals surface area contributed by atoms with E-state index < -0.39 is 0 Å². The van der Waals surface area contributed by atoms with Gasteiger partial charge >= 0.3 is 0 Å². The average molecular weight is 364 g/mol. The first-order valence-electron chi connectivity index (χ1n) is 9.68. The SMILES string of the molecule is CCCCCCc1ccc(-c2nc(N)[nH]c2CCCCCC)cc1.Cl. The minimum absolute atomic E-state index is 0. The first-order chi connectivity index (χ1) is 11.7. The van der Waals surface area contributed by atoms with E-state index >= 15 is 0 Å². The summed E-state index contributed by atoms with van der Waals surface area (Å²) in [5.41, 5.74) is 10.7. The molecule has 1 aromatic heterocycles. The number of rotatable bonds is 11. The Kier molecular flexibility index (Phi) is 10.3. The number of aryl methyl sites for hydroxylation is 2. The number of imidazole rings is 1. The first kappa shape index (κ1) is 21.6. The highest BCUT2D eigenvalue weighted by Gasteiger charge is 2.10. The van der Waals surface area contributed by atoms with Crippen molar-refractivity contribution >= 4 is 18.4 Å². The second kappa shape index (κ2) is 12.0. The van der Waals surface area contributed by atoms with Crippen LogP contribution in [0.15, 0.2) is 24.3 Å². The minimum Gasteiger partial charge on any atom is -0.369 e. The number of nitrogen functional groups attached to an aromatic ring is 1. The Morgan fingerprint density at radius 3 is 2.04 bits per heavy atom. The molecule has 0 radical (unpaired) electrons. The smallest absolute Gasteiger partial charge is 0.198 e. The Bertz CT molecular complexity index is 590. The molecule has 25 heavy (non-hydrogen) atoms. The van der Waals surface area contributed by atoms with E-state index in [1.54, 1.807) is 0 Å². The van der Waals surface area contributed by atoms with Gasteiger partial charge in [-0.3, -0.25) is 0 Å². The topological polar surface area (TPSA) is 54.7 Å². The second-order valence-corrected chi connectivity index (χ2v) is 6.77. The van der Waals surface area contributed by atoms with Crippen LogP contribution in [0, 0.1) is 0 Å². The molecule has 1 heterocycles. The quantitative estimate of drug-likeness (QED) is 0.458. The van der Waals surface area contributed by atoms with E-state index in [1.807, 2.05) is 0 Å². The van der Waals surface area contributed by atoms with E-state index in [4.69, 9.17) is 5.73 Å². The maximum absolute atomic E-state index is 5.90. The Hall–Kier alpha value is -1.48. The van der Waals surface area contributed by atoms with E-state index in [0.717, 1.165) is 12.1 Å². The standard InChI is InChI=1S/C21H33N3.ClH/c1-3-5-7-9-11-17-13-15-18(16-14-17)20-19(23-21(22)24-20)12-10-8-6-4-2;/h13-16H,3-12H2,1-2H3,(H3,22,23,24);1H. The number of H-pyrrole nitrogens is 1. The first-order valence-corrected chi connectivity index (χ1v) is 9.68. The number of nitrogens with one attached hydrogen (secondary N) is 1. The number of halogens is 1. The predicted molar refractivity (Wildman–Crippen MR) is 111 cm³/mol. The molecule has 0 aliphatic heterocycles. The van der Waals surface area contributed by atoms with Gasteiger partial charge in [0.15, 0.2) is 5.95 Å². The van der Waals surface area contributed by atoms with Crippen LogP contribution in [-0.4, -0.2) is 9.97 Å². The molecular weight excluding hydrogens is 330 g/mol. The number of hydrogen-bond acceptors (Lipinski definition) is 2. The van der Waals surface area contributed by atoms with E-state index in [0.29, 0.717) is 5.95 Å². The number of aromatic nitrogens is 2. The summed E-state index contributed by atoms with van der Waals surface area (Å²) in [6, 6.07) is 8.88. The molecule has 0 unspecified atom stereocenters. The zero-order chi connectivity index (χ0) is 17.2. The third-order valence-electron chi connectivity index (χ3n) is 4.62. The molecule has 4 heteroatoms. The fourth-order valence-electron chi connectivity index (χ4n) is 3.16. The fourth-order valence-corrected chi connectivity index (χ4v) is 3.16. The molecule has 0 atom stereocenters. The van der Waals surface area contributed by atoms with Gasteiger partial charge in [0.2, 0.25) is 0 Å². The number of unbranched alkanes of at least 4 members (excludes halogenated alkanes) is 6. The van der Waals surface area contributed by atoms with Crippen LogP contribution in [-0.2, 0) is 12.8 Å². The lowest BCUT2D eigenvalue weighted by molar-refractivity contribution is 0.662. The Balaban J connectivity index is 0.00000312. The van der Waals surface area contributed by atoms with Crippen LogP contribution in [0.2, 0.25) is 0 Å². The molecule has 140 valence electrons. The van der Waals surface area contributed by atoms with Gasteiger partial charge in [-0.05, 0) is 31.2 Å². The average Bonchev–Trinajstić information content (AvgIpc) is 2.97. The molecule has 0 aliphatic rings. The van der Waals surface area contributed by atoms with Crippen molar-refractivity contribution in [2.45, 2.75) is 78.1 Å². The van der Waals surface area contributed by atoms with Crippen molar-refractivity contribution in [3.8, 4) is 11.3 Å². The van der Waals surface area contributed by atoms with E-state index in [2.05, 4.69) is 48.1 Å². The summed E-state index contributed by atoms with van der Waals surface area (Å²) < 4.78 is 0. The molecule has 0 saturated heterocycles. The van der Waals surface area contributed by atoms with Crippen molar-refractivity contribution in [1.82, 2.24) is 9.97 Å². The summed E-state index contributed by atoms with van der Waals surface area (Å²) in [6.07, 6.45) is 12.5. The van der Waals surface area contributed by atoms with Gasteiger partial charge in [-0.1, -0.05) is 76.6 Å². The molecule has 2 aromatic rings. The van der Waals surface area contributed by atoms with Crippen LogP contribution >= 0.6 is 12.4 Å². The molecule has 0 saturated carbocycles. The van der Waals surface area contributed by atoms with Crippen LogP contribution in [0.4, 0.5) is 5.95 Å². The van der Waals surface area contributed by atoms with Gasteiger partial charge in [0.05, 0.1) is 5.69 Å². The zero-order valence-electron chi connectivity index (χ0n) is 15.8. The minimum atomic E-state index is 0. The van der Waals surface area contributed by atoms with E-state index in [9.17, 15) is 0 Å². The molecule has 0 bridgehead atoms. The molecule has 3 nitrogen and oxygen atoms in total. The molecule has 0 spiro atoms. The summed E-state index contributed by atoms with van der Waals surface area (Å²) >= 11 is 0. The van der Waals surface area contributed by atoms with Crippen molar-refractivity contribution < 1.29 is 0 Å². The van der Waals surface area contributed by atoms with Gasteiger partial charge in [-0.25, -0.2) is 4.98 Å². The third kappa shape index (κ3) is 7.11. The highest BCUT2D eigenvalue weighted by Crippen LogP contribution is 2.25. The molecule has 0 aliphatic carbocycles. The summed E-state index contributed by atoms with van der Waals surface area (Å²) in [6.45, 7) is 4.49. The lowest BCUT2D eigenvalue weighted by Gasteiger charge is -2.05. The number of nitrogens with two attached hydrogens (primary N) is 1. The summed E-state index contributed by atoms with van der Waals surface area (Å²) in [5.74, 6) is 0.527. The molecule has 1 aromatic carbocycles. The lowest BCUT2D eigenvalue weighted by atomic mass is 10.0. The summed E-state index contributed by atoms with van der Waals surface area (Å²) in [7, 11) is 0. The molecule has 0 amide bonds. The Labute approximate surface area is 159 Å². The zero-order valence-corrected chi connectivity index (χ0v) is 16.6. The highest BCUT2D eigenvalue weighted by atomic mass is 35.5. The van der Waals surface area contributed by atoms with Gasteiger partial charge in [-0.15, -0.1) is 12.4 Å². The second-order valence-electron chi connectivity index (χ2n) is 6.77. The maximum atomic E-state index is 5.90. The summed E-state index contributed by atoms with van der Waals surface area (Å²) in [5, 5.41) is 0. The normalized spacial score (nSPS) is 10.6. The number of aromatic amines is 1. The van der Waals surface area contributed by atoms with Gasteiger partial charge in [0, 0.05) is 11.3 Å². The predicted octanol–water partition coefficient (Wildman–Crippen LogP) is 6.33. The third-order valence-corrected chi connectivity index (χ3v) is 4.62. The van der Waals surface area contributed by atoms with E-state index in [-0.39, 0.29) is 12.4 Å². The van der Waals surface area contributed by atoms with Crippen molar-refractivity contribution in [1.29, 1.82) is 0 Å². The van der Waals surface area contributed by atoms with Crippen molar-refractivity contribution in [3.63, 3.8) is 0 Å². The Morgan fingerprint density at radius 2 is 1.44 bits per heavy atom. The van der Waals surface area contributed by atoms with Crippen molar-refractivity contribution in [2.75, 3.05) is 5.73 Å². The molecule has 2 rings (SSSR count). The Morgan fingerprint density at radius 1 is 0.840 bits per heavy atom. The molecule has 3 N–H and O–H groups in total. The summed E-state index contributed by atoms with van der Waals surface area (Å²) in [4.78, 5) is 7.77. The van der Waals surface area contributed by atoms with Crippen LogP contribution in [0.1, 0.15) is 76.5 Å². The van der Waals surface area contributed by atoms with Crippen molar-refractivity contribution in [2.24, 2.45) is 0 Å². The van der Waals surface area contributed by atoms with Crippen LogP contribution in [0.25, 0.3) is 11.3 Å². The van der Waals surface area contributed by atoms with Crippen LogP contribution in [0.5, 0.6) is 0 Å². The largest absolute Gasteiger partial charge is 0.369 e. The maximum Gasteiger partial charge on any atom is 0.198 e. The monoisotopic (exact) mass is 363 g/mol.